The van der Waals surface area contributed by atoms with Gasteiger partial charge in [-0.3, -0.25) is 4.79 Å². The predicted octanol–water partition coefficient (Wildman–Crippen LogP) is 3.58. The third kappa shape index (κ3) is 3.63. The van der Waals surface area contributed by atoms with Gasteiger partial charge in [0.2, 0.25) is 0 Å². The van der Waals surface area contributed by atoms with Crippen molar-refractivity contribution in [3.8, 4) is 5.69 Å². The quantitative estimate of drug-likeness (QED) is 0.713. The molecule has 122 valence electrons. The zero-order chi connectivity index (χ0) is 16.9. The molecule has 0 atom stereocenters. The number of carbonyl (C=O) groups excluding carboxylic acids is 1. The van der Waals surface area contributed by atoms with E-state index < -0.39 is 0 Å². The van der Waals surface area contributed by atoms with Crippen molar-refractivity contribution in [2.45, 2.75) is 13.5 Å². The van der Waals surface area contributed by atoms with Crippen LogP contribution in [0.15, 0.2) is 60.8 Å². The molecule has 24 heavy (non-hydrogen) atoms. The van der Waals surface area contributed by atoms with Crippen LogP contribution in [0, 0.1) is 0 Å². The highest BCUT2D eigenvalue weighted by Gasteiger charge is 2.18. The van der Waals surface area contributed by atoms with E-state index in [4.69, 9.17) is 11.6 Å². The SMILES string of the molecule is CCN(Cc1ccccc1)C(=O)c1cn(-c2cccc(Cl)c2)nn1. The lowest BCUT2D eigenvalue weighted by molar-refractivity contribution is 0.0746. The second-order valence-corrected chi connectivity index (χ2v) is 5.77. The number of carbonyl (C=O) groups is 1. The predicted molar refractivity (Wildman–Crippen MR) is 93.2 cm³/mol. The highest BCUT2D eigenvalue weighted by atomic mass is 35.5. The molecular weight excluding hydrogens is 324 g/mol. The maximum absolute atomic E-state index is 12.7. The number of hydrogen-bond acceptors (Lipinski definition) is 3. The van der Waals surface area contributed by atoms with E-state index in [2.05, 4.69) is 10.3 Å². The second-order valence-electron chi connectivity index (χ2n) is 5.33. The summed E-state index contributed by atoms with van der Waals surface area (Å²) in [7, 11) is 0. The maximum atomic E-state index is 12.7. The number of hydrogen-bond donors (Lipinski definition) is 0. The van der Waals surface area contributed by atoms with E-state index in [1.54, 1.807) is 27.9 Å². The van der Waals surface area contributed by atoms with E-state index in [0.717, 1.165) is 11.3 Å². The highest BCUT2D eigenvalue weighted by molar-refractivity contribution is 6.30. The van der Waals surface area contributed by atoms with Crippen molar-refractivity contribution in [2.24, 2.45) is 0 Å². The zero-order valence-corrected chi connectivity index (χ0v) is 14.0. The summed E-state index contributed by atoms with van der Waals surface area (Å²) < 4.78 is 1.55. The summed E-state index contributed by atoms with van der Waals surface area (Å²) in [5.41, 5.74) is 2.16. The van der Waals surface area contributed by atoms with Gasteiger partial charge in [0.05, 0.1) is 11.9 Å². The van der Waals surface area contributed by atoms with E-state index in [9.17, 15) is 4.79 Å². The van der Waals surface area contributed by atoms with Crippen molar-refractivity contribution < 1.29 is 4.79 Å². The Hall–Kier alpha value is -2.66. The Balaban J connectivity index is 1.79. The van der Waals surface area contributed by atoms with Gasteiger partial charge in [0.25, 0.3) is 5.91 Å². The molecule has 0 radical (unpaired) electrons. The van der Waals surface area contributed by atoms with Crippen LogP contribution in [0.1, 0.15) is 23.0 Å². The molecular formula is C18H17ClN4O. The van der Waals surface area contributed by atoms with Gasteiger partial charge < -0.3 is 4.90 Å². The minimum Gasteiger partial charge on any atom is -0.333 e. The third-order valence-corrected chi connectivity index (χ3v) is 3.91. The second kappa shape index (κ2) is 7.27. The molecule has 5 nitrogen and oxygen atoms in total. The van der Waals surface area contributed by atoms with Crippen molar-refractivity contribution in [1.29, 1.82) is 0 Å². The summed E-state index contributed by atoms with van der Waals surface area (Å²) in [4.78, 5) is 14.4. The largest absolute Gasteiger partial charge is 0.333 e. The summed E-state index contributed by atoms with van der Waals surface area (Å²) >= 11 is 5.99. The van der Waals surface area contributed by atoms with Crippen LogP contribution in [-0.2, 0) is 6.54 Å². The fourth-order valence-electron chi connectivity index (χ4n) is 2.40. The Kier molecular flexibility index (Phi) is 4.91. The van der Waals surface area contributed by atoms with Crippen molar-refractivity contribution in [3.05, 3.63) is 77.1 Å². The van der Waals surface area contributed by atoms with Gasteiger partial charge in [-0.2, -0.15) is 0 Å². The molecule has 1 amide bonds. The van der Waals surface area contributed by atoms with Crippen LogP contribution in [0.25, 0.3) is 5.69 Å². The normalized spacial score (nSPS) is 10.6. The van der Waals surface area contributed by atoms with Gasteiger partial charge in [-0.1, -0.05) is 53.2 Å². The Morgan fingerprint density at radius 1 is 1.17 bits per heavy atom. The molecule has 0 saturated heterocycles. The Bertz CT molecular complexity index is 832. The molecule has 0 fully saturated rings. The van der Waals surface area contributed by atoms with Crippen LogP contribution >= 0.6 is 11.6 Å². The van der Waals surface area contributed by atoms with Gasteiger partial charge in [0, 0.05) is 18.1 Å². The van der Waals surface area contributed by atoms with E-state index >= 15 is 0 Å². The fourth-order valence-corrected chi connectivity index (χ4v) is 2.58. The van der Waals surface area contributed by atoms with Gasteiger partial charge in [-0.05, 0) is 30.7 Å². The number of benzene rings is 2. The molecule has 0 saturated carbocycles. The van der Waals surface area contributed by atoms with Gasteiger partial charge in [-0.25, -0.2) is 4.68 Å². The first-order valence-corrected chi connectivity index (χ1v) is 8.06. The smallest absolute Gasteiger partial charge is 0.276 e. The van der Waals surface area contributed by atoms with Crippen molar-refractivity contribution in [2.75, 3.05) is 6.54 Å². The molecule has 0 aliphatic heterocycles. The van der Waals surface area contributed by atoms with E-state index in [1.165, 1.54) is 0 Å². The molecule has 3 aromatic rings. The minimum absolute atomic E-state index is 0.144. The first kappa shape index (κ1) is 16.2. The molecule has 0 spiro atoms. The summed E-state index contributed by atoms with van der Waals surface area (Å²) in [6.45, 7) is 3.08. The molecule has 1 aromatic heterocycles. The summed E-state index contributed by atoms with van der Waals surface area (Å²) in [5.74, 6) is -0.144. The molecule has 0 bridgehead atoms. The standard InChI is InChI=1S/C18H17ClN4O/c1-2-22(12-14-7-4-3-5-8-14)18(24)17-13-23(21-20-17)16-10-6-9-15(19)11-16/h3-11,13H,2,12H2,1H3. The summed E-state index contributed by atoms with van der Waals surface area (Å²) in [6.07, 6.45) is 1.63. The van der Waals surface area contributed by atoms with E-state index in [1.807, 2.05) is 49.4 Å². The monoisotopic (exact) mass is 340 g/mol. The Labute approximate surface area is 145 Å². The molecule has 6 heteroatoms. The van der Waals surface area contributed by atoms with Gasteiger partial charge in [0.1, 0.15) is 0 Å². The van der Waals surface area contributed by atoms with Crippen LogP contribution in [0.2, 0.25) is 5.02 Å². The van der Waals surface area contributed by atoms with Gasteiger partial charge in [-0.15, -0.1) is 5.10 Å². The third-order valence-electron chi connectivity index (χ3n) is 3.67. The van der Waals surface area contributed by atoms with E-state index in [0.29, 0.717) is 23.8 Å². The van der Waals surface area contributed by atoms with Crippen molar-refractivity contribution >= 4 is 17.5 Å². The lowest BCUT2D eigenvalue weighted by atomic mass is 10.2. The Morgan fingerprint density at radius 3 is 2.67 bits per heavy atom. The average Bonchev–Trinajstić information content (AvgIpc) is 3.10. The lowest BCUT2D eigenvalue weighted by Gasteiger charge is -2.19. The summed E-state index contributed by atoms with van der Waals surface area (Å²) in [6, 6.07) is 17.1. The van der Waals surface area contributed by atoms with Crippen LogP contribution in [0.4, 0.5) is 0 Å². The number of rotatable bonds is 5. The lowest BCUT2D eigenvalue weighted by Crippen LogP contribution is -2.30. The fraction of sp³-hybridized carbons (Fsp3) is 0.167. The Morgan fingerprint density at radius 2 is 1.96 bits per heavy atom. The highest BCUT2D eigenvalue weighted by Crippen LogP contribution is 2.15. The summed E-state index contributed by atoms with van der Waals surface area (Å²) in [5, 5.41) is 8.65. The number of halogens is 1. The molecule has 0 aliphatic rings. The molecule has 0 aliphatic carbocycles. The first-order valence-electron chi connectivity index (χ1n) is 7.69. The zero-order valence-electron chi connectivity index (χ0n) is 13.3. The molecule has 1 heterocycles. The first-order chi connectivity index (χ1) is 11.7. The maximum Gasteiger partial charge on any atom is 0.276 e. The molecule has 0 unspecified atom stereocenters. The number of nitrogens with zero attached hydrogens (tertiary/aromatic N) is 4. The number of aromatic nitrogens is 3. The van der Waals surface area contributed by atoms with Crippen molar-refractivity contribution in [1.82, 2.24) is 19.9 Å². The van der Waals surface area contributed by atoms with Crippen LogP contribution in [0.3, 0.4) is 0 Å². The molecule has 3 rings (SSSR count). The molecule has 2 aromatic carbocycles. The number of amides is 1. The minimum atomic E-state index is -0.144. The van der Waals surface area contributed by atoms with E-state index in [-0.39, 0.29) is 5.91 Å². The molecule has 0 N–H and O–H groups in total. The van der Waals surface area contributed by atoms with Crippen molar-refractivity contribution in [3.63, 3.8) is 0 Å². The topological polar surface area (TPSA) is 51.0 Å². The van der Waals surface area contributed by atoms with Crippen LogP contribution < -0.4 is 0 Å². The van der Waals surface area contributed by atoms with Crippen LogP contribution in [0.5, 0.6) is 0 Å². The average molecular weight is 341 g/mol. The van der Waals surface area contributed by atoms with Crippen LogP contribution in [-0.4, -0.2) is 32.3 Å². The van der Waals surface area contributed by atoms with Gasteiger partial charge >= 0.3 is 0 Å². The van der Waals surface area contributed by atoms with Gasteiger partial charge in [0.15, 0.2) is 5.69 Å².